The summed E-state index contributed by atoms with van der Waals surface area (Å²) in [4.78, 5) is 4.20. The Hall–Kier alpha value is -0.450. The third kappa shape index (κ3) is 4.01. The highest BCUT2D eigenvalue weighted by atomic mass is 35.5. The van der Waals surface area contributed by atoms with Crippen molar-refractivity contribution in [2.24, 2.45) is 0 Å². The zero-order chi connectivity index (χ0) is 13.7. The predicted molar refractivity (Wildman–Crippen MR) is 84.8 cm³/mol. The fourth-order valence-corrected chi connectivity index (χ4v) is 4.09. The van der Waals surface area contributed by atoms with Crippen LogP contribution < -0.4 is 11.1 Å². The second-order valence-corrected chi connectivity index (χ2v) is 6.75. The number of nitrogens with two attached hydrogens (primary N) is 1. The van der Waals surface area contributed by atoms with Gasteiger partial charge in [-0.3, -0.25) is 0 Å². The van der Waals surface area contributed by atoms with E-state index < -0.39 is 0 Å². The Morgan fingerprint density at radius 2 is 2.42 bits per heavy atom. The van der Waals surface area contributed by atoms with Gasteiger partial charge >= 0.3 is 0 Å². The number of aromatic nitrogens is 1. The Labute approximate surface area is 124 Å². The number of hydrogen-bond acceptors (Lipinski definition) is 4. The number of nitrogens with one attached hydrogen (secondary N) is 1. The summed E-state index contributed by atoms with van der Waals surface area (Å²) >= 11 is 8.12. The van der Waals surface area contributed by atoms with Crippen LogP contribution in [0.4, 0.5) is 5.82 Å². The molecule has 1 saturated heterocycles. The molecular formula is C14H22ClN3S. The van der Waals surface area contributed by atoms with Gasteiger partial charge < -0.3 is 11.1 Å². The summed E-state index contributed by atoms with van der Waals surface area (Å²) in [5.41, 5.74) is 7.11. The van der Waals surface area contributed by atoms with Crippen molar-refractivity contribution < 1.29 is 0 Å². The van der Waals surface area contributed by atoms with Crippen LogP contribution in [0.25, 0.3) is 0 Å². The third-order valence-corrected chi connectivity index (χ3v) is 5.12. The van der Waals surface area contributed by atoms with E-state index in [4.69, 9.17) is 17.3 Å². The number of nitrogens with zero attached hydrogens (tertiary/aromatic N) is 1. The van der Waals surface area contributed by atoms with Gasteiger partial charge in [0.05, 0.1) is 5.02 Å². The lowest BCUT2D eigenvalue weighted by Crippen LogP contribution is -2.33. The first-order valence-corrected chi connectivity index (χ1v) is 8.41. The fourth-order valence-electron chi connectivity index (χ4n) is 2.48. The van der Waals surface area contributed by atoms with E-state index in [2.05, 4.69) is 17.2 Å². The normalized spacial score (nSPS) is 21.3. The van der Waals surface area contributed by atoms with E-state index in [1.807, 2.05) is 17.8 Å². The number of pyridine rings is 1. The van der Waals surface area contributed by atoms with Crippen LogP contribution in [0.2, 0.25) is 5.02 Å². The molecule has 1 aliphatic heterocycles. The summed E-state index contributed by atoms with van der Waals surface area (Å²) in [6.07, 6.45) is 6.59. The molecule has 2 rings (SSSR count). The van der Waals surface area contributed by atoms with Gasteiger partial charge in [-0.2, -0.15) is 11.8 Å². The topological polar surface area (TPSA) is 50.9 Å². The van der Waals surface area contributed by atoms with Gasteiger partial charge in [0.15, 0.2) is 0 Å². The molecule has 0 bridgehead atoms. The van der Waals surface area contributed by atoms with E-state index in [1.54, 1.807) is 6.20 Å². The van der Waals surface area contributed by atoms with Crippen molar-refractivity contribution in [3.63, 3.8) is 0 Å². The third-order valence-electron chi connectivity index (χ3n) is 3.45. The van der Waals surface area contributed by atoms with Gasteiger partial charge in [0, 0.05) is 23.1 Å². The maximum Gasteiger partial charge on any atom is 0.128 e. The smallest absolute Gasteiger partial charge is 0.128 e. The maximum atomic E-state index is 6.08. The minimum atomic E-state index is 0.261. The number of halogens is 1. The van der Waals surface area contributed by atoms with Crippen LogP contribution >= 0.6 is 23.4 Å². The Morgan fingerprint density at radius 3 is 3.11 bits per heavy atom. The van der Waals surface area contributed by atoms with Crippen LogP contribution in [-0.4, -0.2) is 22.5 Å². The summed E-state index contributed by atoms with van der Waals surface area (Å²) in [6, 6.07) is 2.23. The van der Waals surface area contributed by atoms with Crippen LogP contribution in [-0.2, 0) is 0 Å². The highest BCUT2D eigenvalue weighted by molar-refractivity contribution is 8.00. The van der Waals surface area contributed by atoms with Gasteiger partial charge in [-0.25, -0.2) is 4.98 Å². The molecule has 3 nitrogen and oxygen atoms in total. The molecule has 2 unspecified atom stereocenters. The second-order valence-electron chi connectivity index (χ2n) is 4.96. The van der Waals surface area contributed by atoms with Crippen LogP contribution in [0.5, 0.6) is 0 Å². The predicted octanol–water partition coefficient (Wildman–Crippen LogP) is 3.64. The molecule has 1 aromatic rings. The van der Waals surface area contributed by atoms with E-state index in [0.717, 1.165) is 18.5 Å². The van der Waals surface area contributed by atoms with Crippen molar-refractivity contribution in [3.8, 4) is 0 Å². The molecule has 106 valence electrons. The average molecular weight is 300 g/mol. The zero-order valence-corrected chi connectivity index (χ0v) is 12.9. The number of hydrogen-bond donors (Lipinski definition) is 2. The van der Waals surface area contributed by atoms with Crippen LogP contribution in [0.1, 0.15) is 44.2 Å². The lowest BCUT2D eigenvalue weighted by Gasteiger charge is -2.31. The highest BCUT2D eigenvalue weighted by Crippen LogP contribution is 2.36. The molecule has 1 aliphatic rings. The Balaban J connectivity index is 2.22. The SMILES string of the molecule is CCCNC(c1cc(Cl)cnc1N)C1CCCCS1. The first-order valence-electron chi connectivity index (χ1n) is 6.98. The molecule has 3 N–H and O–H groups in total. The number of rotatable bonds is 5. The van der Waals surface area contributed by atoms with Crippen LogP contribution in [0.3, 0.4) is 0 Å². The molecule has 0 aliphatic carbocycles. The zero-order valence-electron chi connectivity index (χ0n) is 11.4. The highest BCUT2D eigenvalue weighted by Gasteiger charge is 2.27. The van der Waals surface area contributed by atoms with Gasteiger partial charge in [-0.05, 0) is 37.6 Å². The van der Waals surface area contributed by atoms with E-state index >= 15 is 0 Å². The van der Waals surface area contributed by atoms with Gasteiger partial charge in [0.25, 0.3) is 0 Å². The quantitative estimate of drug-likeness (QED) is 0.871. The molecule has 2 heterocycles. The second kappa shape index (κ2) is 7.36. The lowest BCUT2D eigenvalue weighted by molar-refractivity contribution is 0.479. The molecule has 0 aromatic carbocycles. The van der Waals surface area contributed by atoms with Crippen LogP contribution in [0, 0.1) is 0 Å². The lowest BCUT2D eigenvalue weighted by atomic mass is 9.99. The van der Waals surface area contributed by atoms with E-state index in [0.29, 0.717) is 16.1 Å². The molecule has 0 saturated carbocycles. The molecule has 0 radical (unpaired) electrons. The standard InChI is InChI=1S/C14H22ClN3S/c1-2-6-17-13(12-5-3-4-7-19-12)11-8-10(15)9-18-14(11)16/h8-9,12-13,17H,2-7H2,1H3,(H2,16,18). The monoisotopic (exact) mass is 299 g/mol. The molecular weight excluding hydrogens is 278 g/mol. The van der Waals surface area contributed by atoms with E-state index in [-0.39, 0.29) is 6.04 Å². The van der Waals surface area contributed by atoms with Crippen molar-refractivity contribution in [2.45, 2.75) is 43.9 Å². The molecule has 0 spiro atoms. The van der Waals surface area contributed by atoms with Gasteiger partial charge in [0.1, 0.15) is 5.82 Å². The molecule has 19 heavy (non-hydrogen) atoms. The molecule has 5 heteroatoms. The molecule has 1 fully saturated rings. The number of nitrogen functional groups attached to an aromatic ring is 1. The largest absolute Gasteiger partial charge is 0.383 e. The Morgan fingerprint density at radius 1 is 1.58 bits per heavy atom. The first kappa shape index (κ1) is 14.9. The van der Waals surface area contributed by atoms with Crippen molar-refractivity contribution in [2.75, 3.05) is 18.0 Å². The van der Waals surface area contributed by atoms with Crippen molar-refractivity contribution in [3.05, 3.63) is 22.8 Å². The van der Waals surface area contributed by atoms with Crippen molar-refractivity contribution >= 4 is 29.2 Å². The fraction of sp³-hybridized carbons (Fsp3) is 0.643. The summed E-state index contributed by atoms with van der Waals surface area (Å²) in [5, 5.41) is 4.86. The number of thioether (sulfide) groups is 1. The minimum Gasteiger partial charge on any atom is -0.383 e. The van der Waals surface area contributed by atoms with E-state index in [1.165, 1.54) is 25.0 Å². The van der Waals surface area contributed by atoms with Gasteiger partial charge in [-0.1, -0.05) is 24.9 Å². The Kier molecular flexibility index (Phi) is 5.79. The van der Waals surface area contributed by atoms with Crippen molar-refractivity contribution in [1.29, 1.82) is 0 Å². The summed E-state index contributed by atoms with van der Waals surface area (Å²) in [7, 11) is 0. The first-order chi connectivity index (χ1) is 9.22. The summed E-state index contributed by atoms with van der Waals surface area (Å²) in [6.45, 7) is 3.17. The summed E-state index contributed by atoms with van der Waals surface area (Å²) in [5.74, 6) is 1.84. The summed E-state index contributed by atoms with van der Waals surface area (Å²) < 4.78 is 0. The molecule has 2 atom stereocenters. The molecule has 1 aromatic heterocycles. The van der Waals surface area contributed by atoms with Crippen LogP contribution in [0.15, 0.2) is 12.3 Å². The minimum absolute atomic E-state index is 0.261. The van der Waals surface area contributed by atoms with Gasteiger partial charge in [-0.15, -0.1) is 0 Å². The Bertz CT molecular complexity index is 408. The van der Waals surface area contributed by atoms with Gasteiger partial charge in [0.2, 0.25) is 0 Å². The number of anilines is 1. The van der Waals surface area contributed by atoms with Crippen molar-refractivity contribution in [1.82, 2.24) is 10.3 Å². The van der Waals surface area contributed by atoms with E-state index in [9.17, 15) is 0 Å². The average Bonchev–Trinajstić information content (AvgIpc) is 2.44. The molecule has 0 amide bonds. The maximum absolute atomic E-state index is 6.08.